The normalized spacial score (nSPS) is 12.2. The van der Waals surface area contributed by atoms with Crippen LogP contribution < -0.4 is 4.74 Å². The molecule has 1 unspecified atom stereocenters. The van der Waals surface area contributed by atoms with Crippen molar-refractivity contribution in [2.45, 2.75) is 26.4 Å². The summed E-state index contributed by atoms with van der Waals surface area (Å²) in [6.07, 6.45) is -0.0633. The molecule has 0 heterocycles. The maximum Gasteiger partial charge on any atom is 0.165 e. The van der Waals surface area contributed by atoms with Gasteiger partial charge >= 0.3 is 0 Å². The summed E-state index contributed by atoms with van der Waals surface area (Å²) in [6, 6.07) is 7.49. The van der Waals surface area contributed by atoms with E-state index in [1.54, 1.807) is 7.11 Å². The van der Waals surface area contributed by atoms with Gasteiger partial charge in [-0.15, -0.1) is 0 Å². The predicted molar refractivity (Wildman–Crippen MR) is 62.7 cm³/mol. The molecule has 0 saturated heterocycles. The minimum absolute atomic E-state index is 0.0645. The molecule has 0 spiro atoms. The van der Waals surface area contributed by atoms with E-state index in [9.17, 15) is 4.79 Å². The third-order valence-corrected chi connectivity index (χ3v) is 2.38. The van der Waals surface area contributed by atoms with Gasteiger partial charge in [0.25, 0.3) is 0 Å². The molecule has 16 heavy (non-hydrogen) atoms. The summed E-state index contributed by atoms with van der Waals surface area (Å²) in [5, 5.41) is 0. The van der Waals surface area contributed by atoms with Gasteiger partial charge in [-0.25, -0.2) is 0 Å². The van der Waals surface area contributed by atoms with Crippen LogP contribution in [0.4, 0.5) is 0 Å². The first kappa shape index (κ1) is 12.7. The fourth-order valence-electron chi connectivity index (χ4n) is 1.60. The summed E-state index contributed by atoms with van der Waals surface area (Å²) in [5.74, 6) is 0.785. The lowest BCUT2D eigenvalue weighted by Crippen LogP contribution is -2.14. The average Bonchev–Trinajstić information content (AvgIpc) is 2.32. The molecule has 1 atom stereocenters. The van der Waals surface area contributed by atoms with Crippen LogP contribution in [-0.2, 0) is 9.53 Å². The predicted octanol–water partition coefficient (Wildman–Crippen LogP) is 2.75. The van der Waals surface area contributed by atoms with Crippen molar-refractivity contribution in [3.05, 3.63) is 29.8 Å². The van der Waals surface area contributed by atoms with Gasteiger partial charge in [0.2, 0.25) is 0 Å². The van der Waals surface area contributed by atoms with Crippen LogP contribution in [0.3, 0.4) is 0 Å². The van der Waals surface area contributed by atoms with Crippen molar-refractivity contribution in [2.75, 3.05) is 13.7 Å². The first-order valence-corrected chi connectivity index (χ1v) is 5.51. The second kappa shape index (κ2) is 6.28. The molecule has 1 rings (SSSR count). The number of benzene rings is 1. The fraction of sp³-hybridized carbons (Fsp3) is 0.462. The molecule has 1 aromatic rings. The Morgan fingerprint density at radius 3 is 2.56 bits per heavy atom. The number of carbonyl (C=O) groups is 1. The molecular formula is C13H18O3. The molecule has 0 aromatic heterocycles. The van der Waals surface area contributed by atoms with E-state index >= 15 is 0 Å². The second-order valence-corrected chi connectivity index (χ2v) is 3.41. The van der Waals surface area contributed by atoms with Crippen LogP contribution in [0.1, 0.15) is 31.9 Å². The van der Waals surface area contributed by atoms with Gasteiger partial charge in [-0.05, 0) is 13.0 Å². The van der Waals surface area contributed by atoms with Crippen LogP contribution in [0, 0.1) is 0 Å². The number of hydrogen-bond acceptors (Lipinski definition) is 3. The first-order valence-electron chi connectivity index (χ1n) is 5.51. The van der Waals surface area contributed by atoms with Crippen molar-refractivity contribution in [3.63, 3.8) is 0 Å². The Morgan fingerprint density at radius 1 is 1.31 bits per heavy atom. The molecule has 0 saturated carbocycles. The summed E-state index contributed by atoms with van der Waals surface area (Å²) >= 11 is 0. The number of ketones is 1. The third-order valence-electron chi connectivity index (χ3n) is 2.38. The number of carbonyl (C=O) groups excluding carboxylic acids is 1. The number of para-hydroxylation sites is 1. The smallest absolute Gasteiger partial charge is 0.165 e. The molecule has 3 heteroatoms. The highest BCUT2D eigenvalue weighted by Gasteiger charge is 2.21. The molecule has 0 amide bonds. The van der Waals surface area contributed by atoms with Gasteiger partial charge in [0.05, 0.1) is 6.61 Å². The molecule has 0 aliphatic rings. The zero-order valence-electron chi connectivity index (χ0n) is 10.0. The maximum atomic E-state index is 11.7. The second-order valence-electron chi connectivity index (χ2n) is 3.41. The Kier molecular flexibility index (Phi) is 4.99. The number of rotatable bonds is 6. The monoisotopic (exact) mass is 222 g/mol. The van der Waals surface area contributed by atoms with E-state index in [0.717, 1.165) is 11.3 Å². The number of Topliss-reactive ketones (excluding diaryl/α,β-unsaturated/α-hetero) is 1. The zero-order chi connectivity index (χ0) is 12.0. The quantitative estimate of drug-likeness (QED) is 0.742. The van der Waals surface area contributed by atoms with Crippen LogP contribution in [0.25, 0.3) is 0 Å². The molecule has 0 aliphatic heterocycles. The van der Waals surface area contributed by atoms with E-state index in [2.05, 4.69) is 0 Å². The highest BCUT2D eigenvalue weighted by atomic mass is 16.5. The molecule has 88 valence electrons. The van der Waals surface area contributed by atoms with Gasteiger partial charge in [-0.2, -0.15) is 0 Å². The van der Waals surface area contributed by atoms with E-state index < -0.39 is 6.10 Å². The van der Waals surface area contributed by atoms with Crippen LogP contribution in [0.5, 0.6) is 5.75 Å². The van der Waals surface area contributed by atoms with E-state index in [4.69, 9.17) is 9.47 Å². The summed E-state index contributed by atoms with van der Waals surface area (Å²) in [5.41, 5.74) is 0.804. The van der Waals surface area contributed by atoms with E-state index in [1.807, 2.05) is 38.1 Å². The van der Waals surface area contributed by atoms with Crippen LogP contribution in [-0.4, -0.2) is 19.5 Å². The topological polar surface area (TPSA) is 35.5 Å². The Labute approximate surface area is 96.4 Å². The molecule has 0 radical (unpaired) electrons. The first-order chi connectivity index (χ1) is 7.74. The number of ether oxygens (including phenoxy) is 2. The van der Waals surface area contributed by atoms with Crippen molar-refractivity contribution in [1.82, 2.24) is 0 Å². The lowest BCUT2D eigenvalue weighted by atomic mass is 10.0. The number of methoxy groups -OCH3 is 1. The Bertz CT molecular complexity index is 347. The van der Waals surface area contributed by atoms with Crippen LogP contribution >= 0.6 is 0 Å². The summed E-state index contributed by atoms with van der Waals surface area (Å²) < 4.78 is 10.7. The van der Waals surface area contributed by atoms with Crippen molar-refractivity contribution in [2.24, 2.45) is 0 Å². The molecule has 0 fully saturated rings. The van der Waals surface area contributed by atoms with Gasteiger partial charge in [-0.1, -0.05) is 25.1 Å². The third kappa shape index (κ3) is 2.83. The fourth-order valence-corrected chi connectivity index (χ4v) is 1.60. The van der Waals surface area contributed by atoms with Crippen molar-refractivity contribution in [3.8, 4) is 5.75 Å². The van der Waals surface area contributed by atoms with Crippen LogP contribution in [0.2, 0.25) is 0 Å². The zero-order valence-corrected chi connectivity index (χ0v) is 10.0. The molecule has 3 nitrogen and oxygen atoms in total. The van der Waals surface area contributed by atoms with Gasteiger partial charge in [0.1, 0.15) is 11.9 Å². The Morgan fingerprint density at radius 2 is 2.00 bits per heavy atom. The molecule has 0 N–H and O–H groups in total. The van der Waals surface area contributed by atoms with E-state index in [0.29, 0.717) is 13.0 Å². The summed E-state index contributed by atoms with van der Waals surface area (Å²) in [6.45, 7) is 4.33. The molecule has 0 aliphatic carbocycles. The standard InChI is InChI=1S/C13H18O3/c1-4-11(14)13(15-3)10-8-6-7-9-12(10)16-5-2/h6-9,13H,4-5H2,1-3H3. The van der Waals surface area contributed by atoms with Gasteiger partial charge in [0, 0.05) is 19.1 Å². The van der Waals surface area contributed by atoms with Crippen molar-refractivity contribution >= 4 is 5.78 Å². The maximum absolute atomic E-state index is 11.7. The number of hydrogen-bond donors (Lipinski definition) is 0. The van der Waals surface area contributed by atoms with E-state index in [1.165, 1.54) is 0 Å². The average molecular weight is 222 g/mol. The SMILES string of the molecule is CCOc1ccccc1C(OC)C(=O)CC. The van der Waals surface area contributed by atoms with Gasteiger partial charge < -0.3 is 9.47 Å². The minimum Gasteiger partial charge on any atom is -0.493 e. The molecule has 1 aromatic carbocycles. The lowest BCUT2D eigenvalue weighted by Gasteiger charge is -2.17. The van der Waals surface area contributed by atoms with Crippen LogP contribution in [0.15, 0.2) is 24.3 Å². The highest BCUT2D eigenvalue weighted by Crippen LogP contribution is 2.28. The van der Waals surface area contributed by atoms with E-state index in [-0.39, 0.29) is 5.78 Å². The van der Waals surface area contributed by atoms with Crippen molar-refractivity contribution in [1.29, 1.82) is 0 Å². The van der Waals surface area contributed by atoms with Crippen molar-refractivity contribution < 1.29 is 14.3 Å². The highest BCUT2D eigenvalue weighted by molar-refractivity contribution is 5.84. The van der Waals surface area contributed by atoms with Gasteiger partial charge in [0.15, 0.2) is 5.78 Å². The Balaban J connectivity index is 3.03. The Hall–Kier alpha value is -1.35. The molecular weight excluding hydrogens is 204 g/mol. The largest absolute Gasteiger partial charge is 0.493 e. The summed E-state index contributed by atoms with van der Waals surface area (Å²) in [7, 11) is 1.54. The lowest BCUT2D eigenvalue weighted by molar-refractivity contribution is -0.128. The summed E-state index contributed by atoms with van der Waals surface area (Å²) in [4.78, 5) is 11.7. The van der Waals surface area contributed by atoms with Gasteiger partial charge in [-0.3, -0.25) is 4.79 Å². The molecule has 0 bridgehead atoms. The minimum atomic E-state index is -0.521.